The summed E-state index contributed by atoms with van der Waals surface area (Å²) in [6.07, 6.45) is 4.25. The number of rotatable bonds is 4. The van der Waals surface area contributed by atoms with Crippen LogP contribution >= 0.6 is 11.3 Å². The van der Waals surface area contributed by atoms with Crippen LogP contribution < -0.4 is 0 Å². The first kappa shape index (κ1) is 13.5. The molecule has 2 atom stereocenters. The Balaban J connectivity index is 2.13. The number of aromatic nitrogens is 1. The SMILES string of the molecule is CCC1(C(=O)O)CCCN(C(C)c2nccs2)C1. The van der Waals surface area contributed by atoms with Crippen LogP contribution in [0, 0.1) is 5.41 Å². The van der Waals surface area contributed by atoms with E-state index in [0.29, 0.717) is 13.0 Å². The molecule has 4 nitrogen and oxygen atoms in total. The Morgan fingerprint density at radius 2 is 2.50 bits per heavy atom. The number of piperidine rings is 1. The normalized spacial score (nSPS) is 27.0. The zero-order valence-corrected chi connectivity index (χ0v) is 11.7. The first-order valence-electron chi connectivity index (χ1n) is 6.46. The van der Waals surface area contributed by atoms with Crippen molar-refractivity contribution in [1.82, 2.24) is 9.88 Å². The number of carbonyl (C=O) groups is 1. The lowest BCUT2D eigenvalue weighted by atomic mass is 9.77. The Hall–Kier alpha value is -0.940. The molecule has 0 bridgehead atoms. The molecule has 1 aromatic heterocycles. The van der Waals surface area contributed by atoms with E-state index in [1.54, 1.807) is 11.3 Å². The molecule has 2 rings (SSSR count). The first-order valence-corrected chi connectivity index (χ1v) is 7.34. The van der Waals surface area contributed by atoms with Gasteiger partial charge in [0.15, 0.2) is 0 Å². The molecule has 1 aliphatic rings. The summed E-state index contributed by atoms with van der Waals surface area (Å²) in [7, 11) is 0. The van der Waals surface area contributed by atoms with Crippen LogP contribution in [0.1, 0.15) is 44.2 Å². The van der Waals surface area contributed by atoms with Crippen molar-refractivity contribution < 1.29 is 9.90 Å². The topological polar surface area (TPSA) is 53.4 Å². The summed E-state index contributed by atoms with van der Waals surface area (Å²) in [5, 5.41) is 12.5. The minimum Gasteiger partial charge on any atom is -0.481 e. The van der Waals surface area contributed by atoms with Crippen molar-refractivity contribution in [2.24, 2.45) is 5.41 Å². The van der Waals surface area contributed by atoms with Crippen molar-refractivity contribution in [3.63, 3.8) is 0 Å². The fourth-order valence-electron chi connectivity index (χ4n) is 2.71. The number of hydrogen-bond acceptors (Lipinski definition) is 4. The molecule has 0 aromatic carbocycles. The lowest BCUT2D eigenvalue weighted by molar-refractivity contribution is -0.153. The van der Waals surface area contributed by atoms with Gasteiger partial charge in [-0.15, -0.1) is 11.3 Å². The van der Waals surface area contributed by atoms with Crippen molar-refractivity contribution in [2.75, 3.05) is 13.1 Å². The molecule has 0 aliphatic carbocycles. The smallest absolute Gasteiger partial charge is 0.310 e. The van der Waals surface area contributed by atoms with Gasteiger partial charge in [0.2, 0.25) is 0 Å². The average molecular weight is 268 g/mol. The quantitative estimate of drug-likeness (QED) is 0.912. The van der Waals surface area contributed by atoms with E-state index in [4.69, 9.17) is 0 Å². The fourth-order valence-corrected chi connectivity index (χ4v) is 3.44. The minimum atomic E-state index is -0.652. The molecule has 2 unspecified atom stereocenters. The van der Waals surface area contributed by atoms with Crippen molar-refractivity contribution in [3.8, 4) is 0 Å². The zero-order valence-electron chi connectivity index (χ0n) is 10.9. The number of likely N-dealkylation sites (tertiary alicyclic amines) is 1. The second-order valence-corrected chi connectivity index (χ2v) is 5.99. The van der Waals surface area contributed by atoms with Crippen LogP contribution in [0.2, 0.25) is 0 Å². The van der Waals surface area contributed by atoms with Gasteiger partial charge < -0.3 is 5.11 Å². The third-order valence-electron chi connectivity index (χ3n) is 4.09. The van der Waals surface area contributed by atoms with E-state index in [1.807, 2.05) is 18.5 Å². The standard InChI is InChI=1S/C13H20N2O2S/c1-3-13(12(16)17)5-4-7-15(9-13)10(2)11-14-6-8-18-11/h6,8,10H,3-5,7,9H2,1-2H3,(H,16,17). The molecule has 1 saturated heterocycles. The van der Waals surface area contributed by atoms with Crippen LogP contribution in [-0.4, -0.2) is 34.0 Å². The lowest BCUT2D eigenvalue weighted by Gasteiger charge is -2.41. The van der Waals surface area contributed by atoms with Gasteiger partial charge in [0.25, 0.3) is 0 Å². The average Bonchev–Trinajstić information content (AvgIpc) is 2.91. The monoisotopic (exact) mass is 268 g/mol. The zero-order chi connectivity index (χ0) is 13.2. The molecule has 2 heterocycles. The number of nitrogens with zero attached hydrogens (tertiary/aromatic N) is 2. The van der Waals surface area contributed by atoms with Gasteiger partial charge in [-0.05, 0) is 32.7 Å². The highest BCUT2D eigenvalue weighted by Gasteiger charge is 2.42. The number of thiazole rings is 1. The molecule has 0 spiro atoms. The van der Waals surface area contributed by atoms with Crippen LogP contribution in [-0.2, 0) is 4.79 Å². The van der Waals surface area contributed by atoms with E-state index < -0.39 is 11.4 Å². The molecule has 1 N–H and O–H groups in total. The predicted octanol–water partition coefficient (Wildman–Crippen LogP) is 2.78. The van der Waals surface area contributed by atoms with Gasteiger partial charge in [0.1, 0.15) is 5.01 Å². The summed E-state index contributed by atoms with van der Waals surface area (Å²) in [6, 6.07) is 0.218. The third-order valence-corrected chi connectivity index (χ3v) is 5.04. The lowest BCUT2D eigenvalue weighted by Crippen LogP contribution is -2.48. The summed E-state index contributed by atoms with van der Waals surface area (Å²) >= 11 is 1.64. The molecular formula is C13H20N2O2S. The summed E-state index contributed by atoms with van der Waals surface area (Å²) < 4.78 is 0. The van der Waals surface area contributed by atoms with E-state index >= 15 is 0 Å². The van der Waals surface area contributed by atoms with Gasteiger partial charge in [-0.25, -0.2) is 4.98 Å². The van der Waals surface area contributed by atoms with Gasteiger partial charge in [0, 0.05) is 18.1 Å². The van der Waals surface area contributed by atoms with Crippen molar-refractivity contribution in [2.45, 2.75) is 39.2 Å². The van der Waals surface area contributed by atoms with Crippen molar-refractivity contribution in [1.29, 1.82) is 0 Å². The van der Waals surface area contributed by atoms with Gasteiger partial charge in [-0.1, -0.05) is 6.92 Å². The molecular weight excluding hydrogens is 248 g/mol. The summed E-state index contributed by atoms with van der Waals surface area (Å²) in [5.74, 6) is -0.652. The third kappa shape index (κ3) is 2.42. The van der Waals surface area contributed by atoms with Crippen LogP contribution in [0.15, 0.2) is 11.6 Å². The van der Waals surface area contributed by atoms with Gasteiger partial charge in [-0.2, -0.15) is 0 Å². The Bertz CT molecular complexity index is 407. The maximum absolute atomic E-state index is 11.5. The Labute approximate surface area is 112 Å². The van der Waals surface area contributed by atoms with Crippen LogP contribution in [0.5, 0.6) is 0 Å². The molecule has 18 heavy (non-hydrogen) atoms. The highest BCUT2D eigenvalue weighted by molar-refractivity contribution is 7.09. The second kappa shape index (κ2) is 5.36. The van der Waals surface area contributed by atoms with E-state index in [-0.39, 0.29) is 6.04 Å². The largest absolute Gasteiger partial charge is 0.481 e. The highest BCUT2D eigenvalue weighted by atomic mass is 32.1. The molecule has 1 fully saturated rings. The maximum atomic E-state index is 11.5. The summed E-state index contributed by atoms with van der Waals surface area (Å²) in [6.45, 7) is 5.70. The second-order valence-electron chi connectivity index (χ2n) is 5.06. The highest BCUT2D eigenvalue weighted by Crippen LogP contribution is 2.37. The molecule has 1 aliphatic heterocycles. The van der Waals surface area contributed by atoms with Gasteiger partial charge >= 0.3 is 5.97 Å². The number of carboxylic acid groups (broad SMARTS) is 1. The molecule has 0 saturated carbocycles. The van der Waals surface area contributed by atoms with Crippen LogP contribution in [0.25, 0.3) is 0 Å². The van der Waals surface area contributed by atoms with Crippen LogP contribution in [0.3, 0.4) is 0 Å². The summed E-state index contributed by atoms with van der Waals surface area (Å²) in [4.78, 5) is 18.1. The molecule has 100 valence electrons. The van der Waals surface area contributed by atoms with E-state index in [2.05, 4.69) is 16.8 Å². The summed E-state index contributed by atoms with van der Waals surface area (Å²) in [5.41, 5.74) is -0.566. The Morgan fingerprint density at radius 1 is 1.72 bits per heavy atom. The number of aliphatic carboxylic acids is 1. The fraction of sp³-hybridized carbons (Fsp3) is 0.692. The Kier molecular flexibility index (Phi) is 4.02. The number of hydrogen-bond donors (Lipinski definition) is 1. The molecule has 1 aromatic rings. The number of carboxylic acids is 1. The molecule has 0 radical (unpaired) electrons. The van der Waals surface area contributed by atoms with Crippen molar-refractivity contribution in [3.05, 3.63) is 16.6 Å². The minimum absolute atomic E-state index is 0.218. The molecule has 5 heteroatoms. The van der Waals surface area contributed by atoms with E-state index in [9.17, 15) is 9.90 Å². The van der Waals surface area contributed by atoms with E-state index in [0.717, 1.165) is 24.4 Å². The van der Waals surface area contributed by atoms with Crippen molar-refractivity contribution >= 4 is 17.3 Å². The molecule has 0 amide bonds. The van der Waals surface area contributed by atoms with Gasteiger partial charge in [0.05, 0.1) is 11.5 Å². The Morgan fingerprint density at radius 3 is 3.06 bits per heavy atom. The van der Waals surface area contributed by atoms with Crippen LogP contribution in [0.4, 0.5) is 0 Å². The first-order chi connectivity index (χ1) is 8.59. The predicted molar refractivity (Wildman–Crippen MR) is 71.7 cm³/mol. The maximum Gasteiger partial charge on any atom is 0.310 e. The van der Waals surface area contributed by atoms with Gasteiger partial charge in [-0.3, -0.25) is 9.69 Å². The van der Waals surface area contributed by atoms with E-state index in [1.165, 1.54) is 0 Å².